The molecule has 0 saturated carbocycles. The van der Waals surface area contributed by atoms with Gasteiger partial charge in [-0.3, -0.25) is 5.41 Å². The van der Waals surface area contributed by atoms with Crippen molar-refractivity contribution in [2.45, 2.75) is 45.0 Å². The van der Waals surface area contributed by atoms with Gasteiger partial charge in [-0.1, -0.05) is 13.8 Å². The van der Waals surface area contributed by atoms with Gasteiger partial charge in [0.1, 0.15) is 6.10 Å². The Bertz CT molecular complexity index is 1010. The predicted molar refractivity (Wildman–Crippen MR) is 112 cm³/mol. The average molecular weight is 438 g/mol. The first-order chi connectivity index (χ1) is 15.3. The van der Waals surface area contributed by atoms with E-state index in [4.69, 9.17) is 29.1 Å². The molecule has 1 N–H and O–H groups in total. The number of nitriles is 3. The fourth-order valence-electron chi connectivity index (χ4n) is 5.22. The summed E-state index contributed by atoms with van der Waals surface area (Å²) in [6.45, 7) is 3.78. The predicted octanol–water partition coefficient (Wildman–Crippen LogP) is 3.86. The highest BCUT2D eigenvalue weighted by Crippen LogP contribution is 2.68. The van der Waals surface area contributed by atoms with Gasteiger partial charge in [-0.05, 0) is 30.5 Å². The van der Waals surface area contributed by atoms with Crippen molar-refractivity contribution in [1.82, 2.24) is 0 Å². The molecule has 0 aliphatic carbocycles. The number of nitrogens with zero attached hydrogens (tertiary/aromatic N) is 3. The largest absolute Gasteiger partial charge is 0.493 e. The molecule has 1 aromatic rings. The molecule has 32 heavy (non-hydrogen) atoms. The number of fused-ring (bicyclic) bond motifs is 2. The molecule has 2 heterocycles. The number of hydrogen-bond donors (Lipinski definition) is 1. The van der Waals surface area contributed by atoms with Crippen molar-refractivity contribution < 1.29 is 23.7 Å². The molecule has 0 spiro atoms. The number of hydrogen-bond acceptors (Lipinski definition) is 9. The lowest BCUT2D eigenvalue weighted by Crippen LogP contribution is -2.59. The van der Waals surface area contributed by atoms with E-state index in [1.54, 1.807) is 12.1 Å². The Hall–Kier alpha value is -3.48. The summed E-state index contributed by atoms with van der Waals surface area (Å²) in [5.74, 6) is -1.41. The highest BCUT2D eigenvalue weighted by atomic mass is 16.7. The molecule has 1 aromatic carbocycles. The molecule has 4 unspecified atom stereocenters. The molecule has 2 fully saturated rings. The zero-order chi connectivity index (χ0) is 23.7. The number of methoxy groups -OCH3 is 3. The Balaban J connectivity index is 2.37. The van der Waals surface area contributed by atoms with Crippen molar-refractivity contribution in [3.63, 3.8) is 0 Å². The molecule has 168 valence electrons. The van der Waals surface area contributed by atoms with Gasteiger partial charge in [0.2, 0.25) is 22.8 Å². The summed E-state index contributed by atoms with van der Waals surface area (Å²) in [6.07, 6.45) is 0.233. The minimum atomic E-state index is -2.04. The molecule has 9 nitrogen and oxygen atoms in total. The van der Waals surface area contributed by atoms with Crippen molar-refractivity contribution in [1.29, 1.82) is 21.2 Å². The number of rotatable bonds is 7. The maximum atomic E-state index is 10.4. The van der Waals surface area contributed by atoms with E-state index in [9.17, 15) is 15.8 Å². The number of nitrogens with one attached hydrogen (secondary N) is 1. The molecular weight excluding hydrogens is 412 g/mol. The molecule has 3 rings (SSSR count). The second-order valence-corrected chi connectivity index (χ2v) is 7.86. The van der Waals surface area contributed by atoms with Crippen LogP contribution in [-0.2, 0) is 9.47 Å². The quantitative estimate of drug-likeness (QED) is 0.676. The minimum Gasteiger partial charge on any atom is -0.493 e. The smallest absolute Gasteiger partial charge is 0.217 e. The maximum Gasteiger partial charge on any atom is 0.217 e. The molecule has 2 aliphatic heterocycles. The molecule has 9 heteroatoms. The van der Waals surface area contributed by atoms with Crippen molar-refractivity contribution in [3.8, 4) is 35.5 Å². The third-order valence-electron chi connectivity index (χ3n) is 6.54. The topological polar surface area (TPSA) is 141 Å². The van der Waals surface area contributed by atoms with Crippen LogP contribution in [0, 0.1) is 56.2 Å². The first-order valence-electron chi connectivity index (χ1n) is 10.3. The van der Waals surface area contributed by atoms with Crippen LogP contribution < -0.4 is 14.2 Å². The van der Waals surface area contributed by atoms with Gasteiger partial charge in [0, 0.05) is 6.42 Å². The van der Waals surface area contributed by atoms with Crippen molar-refractivity contribution >= 4 is 5.90 Å². The number of benzene rings is 1. The Labute approximate surface area is 187 Å². The maximum absolute atomic E-state index is 10.4. The van der Waals surface area contributed by atoms with Crippen LogP contribution in [0.15, 0.2) is 12.1 Å². The standard InChI is InChI=1S/C23H26N4O5/c1-6-8-23-17(7-2)22(13-26,20(27)32-23)21(11-24,12-25)19(31-23)14-9-15(28-3)18(30-5)16(10-14)29-4/h9-10,17,19,27H,6-8H2,1-5H3. The summed E-state index contributed by atoms with van der Waals surface area (Å²) in [5.41, 5.74) is -3.46. The molecule has 2 bridgehead atoms. The summed E-state index contributed by atoms with van der Waals surface area (Å²) >= 11 is 0. The Morgan fingerprint density at radius 3 is 2.00 bits per heavy atom. The molecule has 4 atom stereocenters. The highest BCUT2D eigenvalue weighted by Gasteiger charge is 2.79. The van der Waals surface area contributed by atoms with Gasteiger partial charge >= 0.3 is 0 Å². The van der Waals surface area contributed by atoms with E-state index >= 15 is 0 Å². The SMILES string of the molecule is CCCC12OC(=N)C(C#N)(C1CC)C(C#N)(C#N)C(c1cc(OC)c(OC)c(OC)c1)O2. The highest BCUT2D eigenvalue weighted by molar-refractivity contribution is 5.89. The van der Waals surface area contributed by atoms with E-state index < -0.39 is 34.5 Å². The normalized spacial score (nSPS) is 29.8. The van der Waals surface area contributed by atoms with Crippen molar-refractivity contribution in [3.05, 3.63) is 17.7 Å². The Morgan fingerprint density at radius 1 is 1.00 bits per heavy atom. The van der Waals surface area contributed by atoms with E-state index in [0.717, 1.165) is 0 Å². The van der Waals surface area contributed by atoms with Crippen LogP contribution in [0.2, 0.25) is 0 Å². The van der Waals surface area contributed by atoms with E-state index in [1.165, 1.54) is 21.3 Å². The molecule has 0 amide bonds. The van der Waals surface area contributed by atoms with Crippen molar-refractivity contribution in [2.75, 3.05) is 21.3 Å². The Morgan fingerprint density at radius 2 is 1.59 bits per heavy atom. The molecule has 0 radical (unpaired) electrons. The fraction of sp³-hybridized carbons (Fsp3) is 0.565. The van der Waals surface area contributed by atoms with E-state index in [2.05, 4.69) is 18.2 Å². The van der Waals surface area contributed by atoms with Gasteiger partial charge in [0.15, 0.2) is 16.9 Å². The van der Waals surface area contributed by atoms with Gasteiger partial charge in [-0.2, -0.15) is 15.8 Å². The first-order valence-corrected chi connectivity index (χ1v) is 10.3. The van der Waals surface area contributed by atoms with E-state index in [-0.39, 0.29) is 0 Å². The van der Waals surface area contributed by atoms with Gasteiger partial charge < -0.3 is 23.7 Å². The third kappa shape index (κ3) is 2.66. The summed E-state index contributed by atoms with van der Waals surface area (Å²) < 4.78 is 28.6. The van der Waals surface area contributed by atoms with Crippen LogP contribution in [0.5, 0.6) is 17.2 Å². The lowest BCUT2D eigenvalue weighted by molar-refractivity contribution is -0.286. The summed E-state index contributed by atoms with van der Waals surface area (Å²) in [6, 6.07) is 9.44. The van der Waals surface area contributed by atoms with Gasteiger partial charge in [0.05, 0.1) is 45.5 Å². The first kappa shape index (κ1) is 23.2. The lowest BCUT2D eigenvalue weighted by Gasteiger charge is -2.49. The van der Waals surface area contributed by atoms with E-state index in [0.29, 0.717) is 42.1 Å². The second kappa shape index (κ2) is 8.22. The van der Waals surface area contributed by atoms with Crippen molar-refractivity contribution in [2.24, 2.45) is 16.7 Å². The van der Waals surface area contributed by atoms with Crippen LogP contribution in [-0.4, -0.2) is 33.0 Å². The second-order valence-electron chi connectivity index (χ2n) is 7.86. The summed E-state index contributed by atoms with van der Waals surface area (Å²) in [7, 11) is 4.37. The van der Waals surface area contributed by atoms with Crippen LogP contribution >= 0.6 is 0 Å². The molecular formula is C23H26N4O5. The molecule has 2 saturated heterocycles. The third-order valence-corrected chi connectivity index (χ3v) is 6.54. The summed E-state index contributed by atoms with van der Waals surface area (Å²) in [4.78, 5) is 0. The van der Waals surface area contributed by atoms with Crippen LogP contribution in [0.4, 0.5) is 0 Å². The average Bonchev–Trinajstić information content (AvgIpc) is 3.00. The van der Waals surface area contributed by atoms with Crippen LogP contribution in [0.1, 0.15) is 44.8 Å². The summed E-state index contributed by atoms with van der Waals surface area (Å²) in [5, 5.41) is 39.7. The van der Waals surface area contributed by atoms with Gasteiger partial charge in [-0.15, -0.1) is 0 Å². The zero-order valence-electron chi connectivity index (χ0n) is 18.8. The zero-order valence-corrected chi connectivity index (χ0v) is 18.8. The van der Waals surface area contributed by atoms with Crippen LogP contribution in [0.25, 0.3) is 0 Å². The molecule has 2 aliphatic rings. The Kier molecular flexibility index (Phi) is 5.96. The fourth-order valence-corrected chi connectivity index (χ4v) is 5.22. The van der Waals surface area contributed by atoms with E-state index in [1.807, 2.05) is 13.8 Å². The van der Waals surface area contributed by atoms with Crippen LogP contribution in [0.3, 0.4) is 0 Å². The number of ether oxygens (including phenoxy) is 5. The van der Waals surface area contributed by atoms with Gasteiger partial charge in [-0.25, -0.2) is 0 Å². The van der Waals surface area contributed by atoms with Gasteiger partial charge in [0.25, 0.3) is 0 Å². The monoisotopic (exact) mass is 438 g/mol. The lowest BCUT2D eigenvalue weighted by atomic mass is 9.52. The minimum absolute atomic E-state index is 0.312. The molecule has 0 aromatic heterocycles.